The fourth-order valence-electron chi connectivity index (χ4n) is 4.26. The molecule has 5 aromatic rings. The molecule has 0 aliphatic heterocycles. The zero-order valence-corrected chi connectivity index (χ0v) is 19.1. The lowest BCUT2D eigenvalue weighted by Gasteiger charge is -2.08. The molecule has 5 rings (SSSR count). The quantitative estimate of drug-likeness (QED) is 0.261. The number of para-hydroxylation sites is 1. The number of non-ortho nitro benzene ring substituents is 1. The standard InChI is InChI=1S/C25H19ClN4O4/c1-14-19(13-23-27-20-4-3-5-21(30(32)33)24(20)28-23)18-11-10-17(34-2)12-22(18)29(14)25(31)15-6-8-16(26)9-7-15/h3-12H,13H2,1-2H3,(H,27,28). The molecule has 9 heteroatoms. The normalized spacial score (nSPS) is 11.3. The minimum atomic E-state index is -0.443. The highest BCUT2D eigenvalue weighted by Crippen LogP contribution is 2.32. The Morgan fingerprint density at radius 2 is 1.94 bits per heavy atom. The summed E-state index contributed by atoms with van der Waals surface area (Å²) >= 11 is 6.00. The number of imidazole rings is 1. The highest BCUT2D eigenvalue weighted by atomic mass is 35.5. The van der Waals surface area contributed by atoms with Crippen LogP contribution in [-0.2, 0) is 6.42 Å². The Kier molecular flexibility index (Phi) is 5.30. The number of nitro benzene ring substituents is 1. The summed E-state index contributed by atoms with van der Waals surface area (Å²) in [6.45, 7) is 1.88. The van der Waals surface area contributed by atoms with Crippen LogP contribution in [0.5, 0.6) is 5.75 Å². The van der Waals surface area contributed by atoms with Crippen molar-refractivity contribution in [3.63, 3.8) is 0 Å². The molecule has 0 aliphatic rings. The van der Waals surface area contributed by atoms with Crippen LogP contribution in [0.2, 0.25) is 5.02 Å². The Balaban J connectivity index is 1.66. The molecule has 0 fully saturated rings. The second-order valence-corrected chi connectivity index (χ2v) is 8.32. The number of hydrogen-bond acceptors (Lipinski definition) is 5. The van der Waals surface area contributed by atoms with Crippen molar-refractivity contribution >= 4 is 45.1 Å². The highest BCUT2D eigenvalue weighted by Gasteiger charge is 2.22. The number of aromatic amines is 1. The van der Waals surface area contributed by atoms with Gasteiger partial charge in [0.1, 0.15) is 11.6 Å². The predicted molar refractivity (Wildman–Crippen MR) is 130 cm³/mol. The molecule has 0 radical (unpaired) electrons. The number of nitrogens with zero attached hydrogens (tertiary/aromatic N) is 3. The molecule has 0 bridgehead atoms. The van der Waals surface area contributed by atoms with Crippen LogP contribution in [0.25, 0.3) is 21.9 Å². The van der Waals surface area contributed by atoms with Gasteiger partial charge in [-0.1, -0.05) is 17.7 Å². The van der Waals surface area contributed by atoms with Crippen LogP contribution in [0.15, 0.2) is 60.7 Å². The third-order valence-corrected chi connectivity index (χ3v) is 6.17. The Morgan fingerprint density at radius 1 is 1.18 bits per heavy atom. The van der Waals surface area contributed by atoms with E-state index in [1.807, 2.05) is 25.1 Å². The van der Waals surface area contributed by atoms with Crippen molar-refractivity contribution in [2.75, 3.05) is 7.11 Å². The van der Waals surface area contributed by atoms with E-state index in [1.165, 1.54) is 6.07 Å². The molecular formula is C25H19ClN4O4. The molecule has 0 amide bonds. The summed E-state index contributed by atoms with van der Waals surface area (Å²) in [4.78, 5) is 32.1. The maximum absolute atomic E-state index is 13.5. The number of nitro groups is 1. The Hall–Kier alpha value is -4.17. The van der Waals surface area contributed by atoms with Gasteiger partial charge in [0.2, 0.25) is 0 Å². The molecule has 0 spiro atoms. The van der Waals surface area contributed by atoms with E-state index in [-0.39, 0.29) is 11.6 Å². The number of H-pyrrole nitrogens is 1. The zero-order valence-electron chi connectivity index (χ0n) is 18.3. The monoisotopic (exact) mass is 474 g/mol. The lowest BCUT2D eigenvalue weighted by molar-refractivity contribution is -0.383. The molecule has 3 aromatic carbocycles. The molecule has 2 aromatic heterocycles. The van der Waals surface area contributed by atoms with Gasteiger partial charge in [-0.25, -0.2) is 4.98 Å². The van der Waals surface area contributed by atoms with E-state index in [9.17, 15) is 14.9 Å². The second-order valence-electron chi connectivity index (χ2n) is 7.89. The summed E-state index contributed by atoms with van der Waals surface area (Å²) in [5.74, 6) is 1.00. The number of ether oxygens (including phenoxy) is 1. The molecule has 8 nitrogen and oxygen atoms in total. The van der Waals surface area contributed by atoms with Crippen molar-refractivity contribution < 1.29 is 14.5 Å². The third kappa shape index (κ3) is 3.58. The van der Waals surface area contributed by atoms with Crippen LogP contribution in [-0.4, -0.2) is 32.5 Å². The van der Waals surface area contributed by atoms with Crippen molar-refractivity contribution in [3.05, 3.63) is 98.4 Å². The smallest absolute Gasteiger partial charge is 0.297 e. The van der Waals surface area contributed by atoms with E-state index in [2.05, 4.69) is 9.97 Å². The van der Waals surface area contributed by atoms with E-state index in [0.29, 0.717) is 45.1 Å². The number of benzene rings is 3. The average Bonchev–Trinajstić information content (AvgIpc) is 3.36. The first-order valence-electron chi connectivity index (χ1n) is 10.5. The molecule has 0 saturated carbocycles. The van der Waals surface area contributed by atoms with Crippen LogP contribution >= 0.6 is 11.6 Å². The first-order chi connectivity index (χ1) is 16.4. The first kappa shape index (κ1) is 21.7. The lowest BCUT2D eigenvalue weighted by atomic mass is 10.1. The van der Waals surface area contributed by atoms with Gasteiger partial charge in [0.15, 0.2) is 5.52 Å². The van der Waals surface area contributed by atoms with Crippen LogP contribution in [0, 0.1) is 17.0 Å². The van der Waals surface area contributed by atoms with E-state index >= 15 is 0 Å². The van der Waals surface area contributed by atoms with Gasteiger partial charge in [-0.3, -0.25) is 19.5 Å². The largest absolute Gasteiger partial charge is 0.497 e. The number of aromatic nitrogens is 3. The topological polar surface area (TPSA) is 103 Å². The molecule has 0 atom stereocenters. The van der Waals surface area contributed by atoms with Crippen molar-refractivity contribution in [1.82, 2.24) is 14.5 Å². The number of hydrogen-bond donors (Lipinski definition) is 1. The number of rotatable bonds is 5. The van der Waals surface area contributed by atoms with Crippen molar-refractivity contribution in [3.8, 4) is 5.75 Å². The maximum Gasteiger partial charge on any atom is 0.297 e. The van der Waals surface area contributed by atoms with Crippen LogP contribution in [0.1, 0.15) is 27.4 Å². The minimum Gasteiger partial charge on any atom is -0.497 e. The van der Waals surface area contributed by atoms with Gasteiger partial charge in [0.05, 0.1) is 23.1 Å². The van der Waals surface area contributed by atoms with E-state index in [4.69, 9.17) is 16.3 Å². The fourth-order valence-corrected chi connectivity index (χ4v) is 4.39. The maximum atomic E-state index is 13.5. The Bertz CT molecular complexity index is 1580. The zero-order chi connectivity index (χ0) is 24.0. The van der Waals surface area contributed by atoms with Crippen LogP contribution in [0.3, 0.4) is 0 Å². The summed E-state index contributed by atoms with van der Waals surface area (Å²) in [6, 6.07) is 17.1. The lowest BCUT2D eigenvalue weighted by Crippen LogP contribution is -2.13. The summed E-state index contributed by atoms with van der Waals surface area (Å²) < 4.78 is 7.05. The van der Waals surface area contributed by atoms with Gasteiger partial charge in [-0.05, 0) is 55.0 Å². The van der Waals surface area contributed by atoms with Gasteiger partial charge >= 0.3 is 0 Å². The molecule has 170 valence electrons. The van der Waals surface area contributed by atoms with Crippen LogP contribution in [0.4, 0.5) is 5.69 Å². The number of halogens is 1. The number of carbonyl (C=O) groups is 1. The van der Waals surface area contributed by atoms with Crippen LogP contribution < -0.4 is 4.74 Å². The highest BCUT2D eigenvalue weighted by molar-refractivity contribution is 6.30. The third-order valence-electron chi connectivity index (χ3n) is 5.92. The second kappa shape index (κ2) is 8.31. The minimum absolute atomic E-state index is 0.0539. The number of methoxy groups -OCH3 is 1. The molecular weight excluding hydrogens is 456 g/mol. The van der Waals surface area contributed by atoms with E-state index in [1.54, 1.807) is 48.1 Å². The fraction of sp³-hybridized carbons (Fsp3) is 0.120. The van der Waals surface area contributed by atoms with Gasteiger partial charge in [0, 0.05) is 40.2 Å². The van der Waals surface area contributed by atoms with Crippen molar-refractivity contribution in [2.24, 2.45) is 0 Å². The summed E-state index contributed by atoms with van der Waals surface area (Å²) in [6.07, 6.45) is 0.362. The molecule has 0 aliphatic carbocycles. The van der Waals surface area contributed by atoms with Gasteiger partial charge in [-0.2, -0.15) is 0 Å². The molecule has 0 unspecified atom stereocenters. The first-order valence-corrected chi connectivity index (χ1v) is 10.9. The summed E-state index contributed by atoms with van der Waals surface area (Å²) in [5.41, 5.74) is 3.68. The van der Waals surface area contributed by atoms with Gasteiger partial charge in [0.25, 0.3) is 11.6 Å². The molecule has 34 heavy (non-hydrogen) atoms. The van der Waals surface area contributed by atoms with E-state index in [0.717, 1.165) is 16.6 Å². The summed E-state index contributed by atoms with van der Waals surface area (Å²) in [5, 5.41) is 12.8. The van der Waals surface area contributed by atoms with E-state index < -0.39 is 4.92 Å². The van der Waals surface area contributed by atoms with Gasteiger partial charge in [-0.15, -0.1) is 0 Å². The molecule has 1 N–H and O–H groups in total. The molecule has 2 heterocycles. The average molecular weight is 475 g/mol. The van der Waals surface area contributed by atoms with Crippen molar-refractivity contribution in [1.29, 1.82) is 0 Å². The van der Waals surface area contributed by atoms with Gasteiger partial charge < -0.3 is 9.72 Å². The Labute approximate surface area is 198 Å². The number of fused-ring (bicyclic) bond motifs is 2. The molecule has 0 saturated heterocycles. The van der Waals surface area contributed by atoms with Crippen molar-refractivity contribution in [2.45, 2.75) is 13.3 Å². The number of nitrogens with one attached hydrogen (secondary N) is 1. The Morgan fingerprint density at radius 3 is 2.65 bits per heavy atom. The SMILES string of the molecule is COc1ccc2c(Cc3nc4c([N+](=O)[O-])cccc4[nH]3)c(C)n(C(=O)c3ccc(Cl)cc3)c2c1. The predicted octanol–water partition coefficient (Wildman–Crippen LogP) is 5.68. The number of carbonyl (C=O) groups excluding carboxylic acids is 1. The summed E-state index contributed by atoms with van der Waals surface area (Å²) in [7, 11) is 1.57.